The lowest BCUT2D eigenvalue weighted by Gasteiger charge is -2.35. The molecule has 3 N–H and O–H groups in total. The average molecular weight is 287 g/mol. The van der Waals surface area contributed by atoms with Gasteiger partial charge in [0, 0.05) is 19.4 Å². The summed E-state index contributed by atoms with van der Waals surface area (Å²) in [6.07, 6.45) is 6.33. The monoisotopic (exact) mass is 287 g/mol. The van der Waals surface area contributed by atoms with E-state index in [4.69, 9.17) is 5.73 Å². The minimum absolute atomic E-state index is 0.130. The number of aliphatic hydroxyl groups is 1. The van der Waals surface area contributed by atoms with E-state index < -0.39 is 6.10 Å². The lowest BCUT2D eigenvalue weighted by Crippen LogP contribution is -2.46. The molecule has 0 aliphatic heterocycles. The molecule has 5 heteroatoms. The second-order valence-electron chi connectivity index (χ2n) is 5.26. The van der Waals surface area contributed by atoms with Crippen molar-refractivity contribution >= 4 is 5.91 Å². The molecular formula is C16H21N3O2. The van der Waals surface area contributed by atoms with Gasteiger partial charge >= 0.3 is 0 Å². The van der Waals surface area contributed by atoms with E-state index in [1.165, 1.54) is 0 Å². The van der Waals surface area contributed by atoms with E-state index in [2.05, 4.69) is 16.8 Å². The van der Waals surface area contributed by atoms with E-state index in [1.807, 2.05) is 0 Å². The third-order valence-electron chi connectivity index (χ3n) is 3.89. The van der Waals surface area contributed by atoms with Crippen molar-refractivity contribution in [1.82, 2.24) is 9.88 Å². The molecule has 0 saturated heterocycles. The van der Waals surface area contributed by atoms with Gasteiger partial charge < -0.3 is 15.7 Å². The fourth-order valence-electron chi connectivity index (χ4n) is 2.71. The number of amides is 1. The van der Waals surface area contributed by atoms with Crippen molar-refractivity contribution in [2.75, 3.05) is 13.6 Å². The summed E-state index contributed by atoms with van der Waals surface area (Å²) in [5.41, 5.74) is 6.45. The highest BCUT2D eigenvalue weighted by atomic mass is 16.3. The van der Waals surface area contributed by atoms with Gasteiger partial charge in [-0.15, -0.1) is 0 Å². The number of pyridine rings is 1. The summed E-state index contributed by atoms with van der Waals surface area (Å²) in [6, 6.07) is 1.53. The fraction of sp³-hybridized carbons (Fsp3) is 0.500. The molecule has 0 radical (unpaired) electrons. The standard InChI is InChI=1S/C16H21N3O2/c1-19(14-6-2-3-7-15(14)20)16(21)13-8-10-18-11-12(13)5-4-9-17/h8,10-11,14-15,20H,2-3,6-7,9,17H2,1H3. The number of nitrogens with two attached hydrogens (primary N) is 1. The molecule has 0 aromatic carbocycles. The van der Waals surface area contributed by atoms with Gasteiger partial charge in [-0.3, -0.25) is 9.78 Å². The Kier molecular flexibility index (Phi) is 5.32. The van der Waals surface area contributed by atoms with E-state index >= 15 is 0 Å². The van der Waals surface area contributed by atoms with Gasteiger partial charge in [-0.05, 0) is 18.9 Å². The van der Waals surface area contributed by atoms with Gasteiger partial charge in [0.2, 0.25) is 0 Å². The number of hydrogen-bond donors (Lipinski definition) is 2. The normalized spacial score (nSPS) is 21.3. The maximum absolute atomic E-state index is 12.7. The summed E-state index contributed by atoms with van der Waals surface area (Å²) in [5, 5.41) is 10.1. The molecule has 1 aliphatic carbocycles. The first-order valence-electron chi connectivity index (χ1n) is 7.23. The first-order chi connectivity index (χ1) is 10.1. The quantitative estimate of drug-likeness (QED) is 0.787. The number of hydrogen-bond acceptors (Lipinski definition) is 4. The van der Waals surface area contributed by atoms with Crippen LogP contribution in [0.3, 0.4) is 0 Å². The molecule has 2 unspecified atom stereocenters. The highest BCUT2D eigenvalue weighted by Crippen LogP contribution is 2.24. The van der Waals surface area contributed by atoms with Crippen molar-refractivity contribution in [2.45, 2.75) is 37.8 Å². The summed E-state index contributed by atoms with van der Waals surface area (Å²) in [5.74, 6) is 5.49. The lowest BCUT2D eigenvalue weighted by molar-refractivity contribution is 0.0268. The molecule has 21 heavy (non-hydrogen) atoms. The van der Waals surface area contributed by atoms with Crippen LogP contribution in [-0.4, -0.2) is 46.6 Å². The van der Waals surface area contributed by atoms with Crippen molar-refractivity contribution in [2.24, 2.45) is 5.73 Å². The molecule has 1 saturated carbocycles. The maximum Gasteiger partial charge on any atom is 0.255 e. The van der Waals surface area contributed by atoms with Crippen LogP contribution in [0.15, 0.2) is 18.5 Å². The van der Waals surface area contributed by atoms with Crippen LogP contribution in [0, 0.1) is 11.8 Å². The second-order valence-corrected chi connectivity index (χ2v) is 5.26. The van der Waals surface area contributed by atoms with Crippen LogP contribution in [0.2, 0.25) is 0 Å². The molecular weight excluding hydrogens is 266 g/mol. The minimum atomic E-state index is -0.451. The van der Waals surface area contributed by atoms with Crippen LogP contribution in [0.5, 0.6) is 0 Å². The van der Waals surface area contributed by atoms with E-state index in [-0.39, 0.29) is 18.5 Å². The first-order valence-corrected chi connectivity index (χ1v) is 7.23. The molecule has 0 spiro atoms. The van der Waals surface area contributed by atoms with Crippen LogP contribution in [-0.2, 0) is 0 Å². The number of aromatic nitrogens is 1. The third kappa shape index (κ3) is 3.60. The molecule has 112 valence electrons. The summed E-state index contributed by atoms with van der Waals surface area (Å²) in [6.45, 7) is 0.236. The van der Waals surface area contributed by atoms with Crippen molar-refractivity contribution in [3.63, 3.8) is 0 Å². The van der Waals surface area contributed by atoms with Crippen LogP contribution in [0.25, 0.3) is 0 Å². The number of aliphatic hydroxyl groups excluding tert-OH is 1. The van der Waals surface area contributed by atoms with Gasteiger partial charge in [0.25, 0.3) is 5.91 Å². The van der Waals surface area contributed by atoms with Gasteiger partial charge in [0.15, 0.2) is 0 Å². The van der Waals surface area contributed by atoms with Crippen LogP contribution in [0.1, 0.15) is 41.6 Å². The van der Waals surface area contributed by atoms with Crippen molar-refractivity contribution < 1.29 is 9.90 Å². The van der Waals surface area contributed by atoms with Crippen molar-refractivity contribution in [3.05, 3.63) is 29.6 Å². The Morgan fingerprint density at radius 3 is 3.00 bits per heavy atom. The zero-order valence-corrected chi connectivity index (χ0v) is 12.2. The van der Waals surface area contributed by atoms with E-state index in [9.17, 15) is 9.90 Å². The van der Waals surface area contributed by atoms with Gasteiger partial charge in [0.05, 0.1) is 29.8 Å². The summed E-state index contributed by atoms with van der Waals surface area (Å²) in [4.78, 5) is 18.3. The average Bonchev–Trinajstić information content (AvgIpc) is 2.52. The summed E-state index contributed by atoms with van der Waals surface area (Å²) >= 11 is 0. The Hall–Kier alpha value is -1.90. The Bertz CT molecular complexity index is 562. The van der Waals surface area contributed by atoms with Gasteiger partial charge in [-0.25, -0.2) is 0 Å². The smallest absolute Gasteiger partial charge is 0.255 e. The SMILES string of the molecule is CN(C(=O)c1ccncc1C#CCN)C1CCCCC1O. The molecule has 1 amide bonds. The third-order valence-corrected chi connectivity index (χ3v) is 3.89. The maximum atomic E-state index is 12.7. The molecule has 2 rings (SSSR count). The minimum Gasteiger partial charge on any atom is -0.391 e. The number of rotatable bonds is 2. The molecule has 1 aliphatic rings. The molecule has 1 aromatic heterocycles. The van der Waals surface area contributed by atoms with Crippen LogP contribution < -0.4 is 5.73 Å². The number of carbonyl (C=O) groups is 1. The van der Waals surface area contributed by atoms with Gasteiger partial charge in [0.1, 0.15) is 0 Å². The lowest BCUT2D eigenvalue weighted by atomic mass is 9.91. The Morgan fingerprint density at radius 2 is 2.29 bits per heavy atom. The molecule has 0 bridgehead atoms. The number of likely N-dealkylation sites (N-methyl/N-ethyl adjacent to an activating group) is 1. The van der Waals surface area contributed by atoms with Gasteiger partial charge in [-0.1, -0.05) is 24.7 Å². The summed E-state index contributed by atoms with van der Waals surface area (Å²) < 4.78 is 0. The van der Waals surface area contributed by atoms with Crippen molar-refractivity contribution in [3.8, 4) is 11.8 Å². The molecule has 2 atom stereocenters. The Balaban J connectivity index is 2.23. The zero-order chi connectivity index (χ0) is 15.2. The van der Waals surface area contributed by atoms with E-state index in [0.717, 1.165) is 25.7 Å². The molecule has 5 nitrogen and oxygen atoms in total. The van der Waals surface area contributed by atoms with Crippen molar-refractivity contribution in [1.29, 1.82) is 0 Å². The Morgan fingerprint density at radius 1 is 1.52 bits per heavy atom. The highest BCUT2D eigenvalue weighted by Gasteiger charge is 2.30. The predicted octanol–water partition coefficient (Wildman–Crippen LogP) is 0.767. The second kappa shape index (κ2) is 7.21. The highest BCUT2D eigenvalue weighted by molar-refractivity contribution is 5.96. The van der Waals surface area contributed by atoms with E-state index in [0.29, 0.717) is 11.1 Å². The largest absolute Gasteiger partial charge is 0.391 e. The van der Waals surface area contributed by atoms with E-state index in [1.54, 1.807) is 30.4 Å². The zero-order valence-electron chi connectivity index (χ0n) is 12.2. The number of carbonyl (C=O) groups excluding carboxylic acids is 1. The molecule has 1 heterocycles. The predicted molar refractivity (Wildman–Crippen MR) is 80.5 cm³/mol. The number of nitrogens with zero attached hydrogens (tertiary/aromatic N) is 2. The first kappa shape index (κ1) is 15.5. The fourth-order valence-corrected chi connectivity index (χ4v) is 2.71. The van der Waals surface area contributed by atoms with Crippen LogP contribution in [0.4, 0.5) is 0 Å². The topological polar surface area (TPSA) is 79.5 Å². The van der Waals surface area contributed by atoms with Crippen LogP contribution >= 0.6 is 0 Å². The molecule has 1 aromatic rings. The molecule has 1 fully saturated rings. The Labute approximate surface area is 125 Å². The summed E-state index contributed by atoms with van der Waals surface area (Å²) in [7, 11) is 1.74. The van der Waals surface area contributed by atoms with Gasteiger partial charge in [-0.2, -0.15) is 0 Å².